The molecule has 9 atom stereocenters. The van der Waals surface area contributed by atoms with Crippen LogP contribution in [0.15, 0.2) is 36.4 Å². The van der Waals surface area contributed by atoms with E-state index in [1.54, 1.807) is 21.3 Å². The van der Waals surface area contributed by atoms with E-state index in [0.717, 1.165) is 125 Å². The summed E-state index contributed by atoms with van der Waals surface area (Å²) in [6.45, 7) is 26.9. The van der Waals surface area contributed by atoms with Crippen molar-refractivity contribution in [3.05, 3.63) is 69.8 Å². The maximum absolute atomic E-state index is 12.3. The highest BCUT2D eigenvalue weighted by molar-refractivity contribution is 5.52. The first-order valence-corrected chi connectivity index (χ1v) is 29.9. The van der Waals surface area contributed by atoms with Gasteiger partial charge in [-0.15, -0.1) is 0 Å². The molecule has 0 amide bonds. The van der Waals surface area contributed by atoms with E-state index < -0.39 is 12.6 Å². The zero-order valence-corrected chi connectivity index (χ0v) is 49.9. The summed E-state index contributed by atoms with van der Waals surface area (Å²) < 4.78 is 70.9. The van der Waals surface area contributed by atoms with Gasteiger partial charge in [-0.3, -0.25) is 14.7 Å². The highest BCUT2D eigenvalue weighted by Crippen LogP contribution is 2.47. The third kappa shape index (κ3) is 16.4. The van der Waals surface area contributed by atoms with E-state index in [1.807, 2.05) is 19.1 Å². The number of rotatable bonds is 18. The van der Waals surface area contributed by atoms with E-state index in [1.165, 1.54) is 22.3 Å². The minimum atomic E-state index is -4.16. The second kappa shape index (κ2) is 28.3. The smallest absolute Gasteiger partial charge is 0.389 e. The highest BCUT2D eigenvalue weighted by atomic mass is 19.4. The Morgan fingerprint density at radius 1 is 0.494 bits per heavy atom. The Bertz CT molecular complexity index is 2400. The van der Waals surface area contributed by atoms with Gasteiger partial charge >= 0.3 is 6.18 Å². The molecule has 3 N–H and O–H groups in total. The van der Waals surface area contributed by atoms with Crippen molar-refractivity contribution in [2.24, 2.45) is 41.4 Å². The summed E-state index contributed by atoms with van der Waals surface area (Å²) in [5, 5.41) is 32.1. The van der Waals surface area contributed by atoms with Gasteiger partial charge in [-0.1, -0.05) is 55.4 Å². The predicted molar refractivity (Wildman–Crippen MR) is 306 cm³/mol. The summed E-state index contributed by atoms with van der Waals surface area (Å²) in [6, 6.07) is 13.2. The van der Waals surface area contributed by atoms with Crippen LogP contribution in [0.5, 0.6) is 34.5 Å². The first kappa shape index (κ1) is 62.6. The SMILES string of the molecule is CCOc1cc2c(cc1OC)C1CC(O)C(CC(C)C)CN1CC2.COc1cc2c(cc1OCC(C)C)CCN1CC(CC(C)C)C(O)CC21.COc1cc2c(cc1OCCCC(F)(F)F)CCN1CC(CC(C)C)C(O)CC21. The molecule has 9 rings (SSSR count). The summed E-state index contributed by atoms with van der Waals surface area (Å²) in [5.74, 6) is 7.72. The molecular weight excluding hydrogens is 1010 g/mol. The highest BCUT2D eigenvalue weighted by Gasteiger charge is 2.42. The number of benzene rings is 3. The fourth-order valence-electron chi connectivity index (χ4n) is 13.5. The summed E-state index contributed by atoms with van der Waals surface area (Å²) in [5.41, 5.74) is 7.58. The molecule has 6 heterocycles. The zero-order valence-electron chi connectivity index (χ0n) is 49.9. The van der Waals surface area contributed by atoms with Gasteiger partial charge in [-0.2, -0.15) is 13.2 Å². The molecule has 444 valence electrons. The van der Waals surface area contributed by atoms with Crippen molar-refractivity contribution < 1.29 is 56.9 Å². The number of hydrogen-bond donors (Lipinski definition) is 3. The lowest BCUT2D eigenvalue weighted by Gasteiger charge is -2.46. The van der Waals surface area contributed by atoms with E-state index in [2.05, 4.69) is 94.4 Å². The maximum Gasteiger partial charge on any atom is 0.389 e. The van der Waals surface area contributed by atoms with Crippen LogP contribution in [-0.2, 0) is 19.3 Å². The van der Waals surface area contributed by atoms with Gasteiger partial charge in [0.05, 0.1) is 59.5 Å². The van der Waals surface area contributed by atoms with Gasteiger partial charge in [0.1, 0.15) is 0 Å². The van der Waals surface area contributed by atoms with Crippen LogP contribution in [0.4, 0.5) is 13.2 Å². The summed E-state index contributed by atoms with van der Waals surface area (Å²) in [4.78, 5) is 7.57. The van der Waals surface area contributed by atoms with E-state index >= 15 is 0 Å². The van der Waals surface area contributed by atoms with Crippen LogP contribution >= 0.6 is 0 Å². The molecule has 3 aromatic rings. The van der Waals surface area contributed by atoms with Crippen LogP contribution in [0.3, 0.4) is 0 Å². The van der Waals surface area contributed by atoms with E-state index in [0.29, 0.717) is 84.6 Å². The molecule has 0 bridgehead atoms. The molecule has 9 unspecified atom stereocenters. The number of ether oxygens (including phenoxy) is 6. The number of alkyl halides is 3. The molecule has 3 saturated heterocycles. The van der Waals surface area contributed by atoms with Crippen molar-refractivity contribution in [1.82, 2.24) is 14.7 Å². The van der Waals surface area contributed by atoms with Crippen LogP contribution in [0, 0.1) is 41.4 Å². The molecule has 6 aliphatic rings. The number of methoxy groups -OCH3 is 3. The molecule has 0 saturated carbocycles. The molecule has 0 aliphatic carbocycles. The van der Waals surface area contributed by atoms with Crippen molar-refractivity contribution in [1.29, 1.82) is 0 Å². The Kier molecular flexibility index (Phi) is 22.4. The van der Waals surface area contributed by atoms with E-state index in [-0.39, 0.29) is 37.4 Å². The topological polar surface area (TPSA) is 126 Å². The van der Waals surface area contributed by atoms with Gasteiger partial charge in [-0.05, 0) is 182 Å². The normalized spacial score (nSPS) is 25.8. The van der Waals surface area contributed by atoms with Crippen LogP contribution in [-0.4, -0.2) is 135 Å². The Balaban J connectivity index is 0.000000172. The molecule has 0 aromatic heterocycles. The number of halogens is 3. The average Bonchev–Trinajstić information content (AvgIpc) is 3.44. The monoisotopic (exact) mass is 1110 g/mol. The number of fused-ring (bicyclic) bond motifs is 9. The second-order valence-corrected chi connectivity index (χ2v) is 25.2. The van der Waals surface area contributed by atoms with Gasteiger partial charge in [0.15, 0.2) is 34.5 Å². The number of aliphatic hydroxyl groups is 3. The van der Waals surface area contributed by atoms with Crippen molar-refractivity contribution in [2.75, 3.05) is 80.4 Å². The third-order valence-electron chi connectivity index (χ3n) is 17.2. The zero-order chi connectivity index (χ0) is 57.3. The van der Waals surface area contributed by atoms with Crippen LogP contribution in [0.25, 0.3) is 0 Å². The summed E-state index contributed by atoms with van der Waals surface area (Å²) >= 11 is 0. The third-order valence-corrected chi connectivity index (χ3v) is 17.2. The summed E-state index contributed by atoms with van der Waals surface area (Å²) in [7, 11) is 4.94. The molecule has 3 fully saturated rings. The standard InChI is InChI=1S/C22H32F3NO3.C22H35NO3.C20H31NO3/c1-14(2)9-16-13-26-7-5-15-10-21(29-8-4-6-22(23,24)25)20(28-3)11-17(15)18(26)12-19(16)27;1-14(2)8-17-12-23-7-6-16-9-22(26-13-15(3)4)21(25-5)10-18(16)19(23)11-20(17)24;1-5-24-20-9-14-6-7-21-12-15(8-13(2)3)18(22)11-17(21)16(14)10-19(20)23-4/h10-11,14,16,18-19,27H,4-9,12-13H2,1-3H3;9-10,14-15,17,19-20,24H,6-8,11-13H2,1-5H3;9-10,13,15,17-18,22H,5-8,11-12H2,1-4H3. The van der Waals surface area contributed by atoms with Gasteiger partial charge in [0.25, 0.3) is 0 Å². The largest absolute Gasteiger partial charge is 0.493 e. The maximum atomic E-state index is 12.3. The van der Waals surface area contributed by atoms with Crippen LogP contribution < -0.4 is 28.4 Å². The Morgan fingerprint density at radius 3 is 1.14 bits per heavy atom. The lowest BCUT2D eigenvalue weighted by molar-refractivity contribution is -0.136. The molecule has 0 spiro atoms. The summed E-state index contributed by atoms with van der Waals surface area (Å²) in [6.07, 6.45) is 2.65. The second-order valence-electron chi connectivity index (χ2n) is 25.2. The molecule has 6 aliphatic heterocycles. The van der Waals surface area contributed by atoms with Gasteiger partial charge in [0.2, 0.25) is 0 Å². The molecule has 0 radical (unpaired) electrons. The predicted octanol–water partition coefficient (Wildman–Crippen LogP) is 12.2. The lowest BCUT2D eigenvalue weighted by Crippen LogP contribution is -2.48. The van der Waals surface area contributed by atoms with E-state index in [4.69, 9.17) is 28.4 Å². The average molecular weight is 1110 g/mol. The first-order chi connectivity index (χ1) is 37.6. The fourth-order valence-corrected chi connectivity index (χ4v) is 13.5. The molecule has 79 heavy (non-hydrogen) atoms. The van der Waals surface area contributed by atoms with Gasteiger partial charge in [0, 0.05) is 63.8 Å². The van der Waals surface area contributed by atoms with Crippen molar-refractivity contribution in [3.63, 3.8) is 0 Å². The fraction of sp³-hybridized carbons (Fsp3) is 0.719. The minimum Gasteiger partial charge on any atom is -0.493 e. The van der Waals surface area contributed by atoms with E-state index in [9.17, 15) is 28.5 Å². The Morgan fingerprint density at radius 2 is 0.835 bits per heavy atom. The number of hydrogen-bond acceptors (Lipinski definition) is 12. The van der Waals surface area contributed by atoms with Gasteiger partial charge in [-0.25, -0.2) is 0 Å². The molecule has 15 heteroatoms. The number of piperidine rings is 3. The lowest BCUT2D eigenvalue weighted by atomic mass is 9.79. The minimum absolute atomic E-state index is 0.000192. The van der Waals surface area contributed by atoms with Crippen LogP contribution in [0.1, 0.15) is 165 Å². The number of aliphatic hydroxyl groups excluding tert-OH is 3. The molecule has 3 aromatic carbocycles. The van der Waals surface area contributed by atoms with Crippen LogP contribution in [0.2, 0.25) is 0 Å². The molecule has 12 nitrogen and oxygen atoms in total. The Labute approximate surface area is 471 Å². The van der Waals surface area contributed by atoms with Crippen molar-refractivity contribution >= 4 is 0 Å². The molecular formula is C64H98F3N3O9. The quantitative estimate of drug-likeness (QED) is 0.105. The Hall–Kier alpha value is -3.99. The first-order valence-electron chi connectivity index (χ1n) is 29.9. The van der Waals surface area contributed by atoms with Crippen molar-refractivity contribution in [2.45, 2.75) is 176 Å². The van der Waals surface area contributed by atoms with Gasteiger partial charge < -0.3 is 43.7 Å². The number of nitrogens with zero attached hydrogens (tertiary/aromatic N) is 3. The van der Waals surface area contributed by atoms with Crippen molar-refractivity contribution in [3.8, 4) is 34.5 Å².